The van der Waals surface area contributed by atoms with Gasteiger partial charge in [-0.15, -0.1) is 0 Å². The molecule has 4 heteroatoms. The van der Waals surface area contributed by atoms with Gasteiger partial charge < -0.3 is 10.1 Å². The van der Waals surface area contributed by atoms with Gasteiger partial charge in [-0.3, -0.25) is 4.98 Å². The predicted octanol–water partition coefficient (Wildman–Crippen LogP) is 1.25. The Morgan fingerprint density at radius 3 is 3.14 bits per heavy atom. The lowest BCUT2D eigenvalue weighted by Gasteiger charge is -2.20. The van der Waals surface area contributed by atoms with E-state index in [2.05, 4.69) is 10.3 Å². The number of hydrogen-bond acceptors (Lipinski definition) is 3. The summed E-state index contributed by atoms with van der Waals surface area (Å²) in [6.45, 7) is 1.05. The van der Waals surface area contributed by atoms with E-state index in [-0.39, 0.29) is 0 Å². The SMILES string of the molecule is COc1ccncc1C1(F)CCNC1. The summed E-state index contributed by atoms with van der Waals surface area (Å²) in [5.74, 6) is 0.575. The number of hydrogen-bond donors (Lipinski definition) is 1. The van der Waals surface area contributed by atoms with Crippen molar-refractivity contribution < 1.29 is 9.13 Å². The van der Waals surface area contributed by atoms with Crippen molar-refractivity contribution >= 4 is 0 Å². The van der Waals surface area contributed by atoms with Crippen molar-refractivity contribution in [1.82, 2.24) is 10.3 Å². The molecule has 14 heavy (non-hydrogen) atoms. The van der Waals surface area contributed by atoms with Crippen LogP contribution in [0.15, 0.2) is 18.5 Å². The minimum absolute atomic E-state index is 0.342. The summed E-state index contributed by atoms with van der Waals surface area (Å²) in [6.07, 6.45) is 3.63. The smallest absolute Gasteiger partial charge is 0.154 e. The second-order valence-corrected chi connectivity index (χ2v) is 3.47. The quantitative estimate of drug-likeness (QED) is 0.773. The number of pyridine rings is 1. The molecule has 1 aliphatic heterocycles. The third kappa shape index (κ3) is 1.46. The van der Waals surface area contributed by atoms with Gasteiger partial charge in [0.1, 0.15) is 5.75 Å². The van der Waals surface area contributed by atoms with Crippen LogP contribution in [0.3, 0.4) is 0 Å². The lowest BCUT2D eigenvalue weighted by Crippen LogP contribution is -2.24. The molecule has 1 aromatic rings. The molecule has 0 amide bonds. The molecular formula is C10H13FN2O. The van der Waals surface area contributed by atoms with E-state index in [1.807, 2.05) is 0 Å². The van der Waals surface area contributed by atoms with Crippen molar-refractivity contribution in [2.45, 2.75) is 12.1 Å². The molecule has 1 aromatic heterocycles. The first kappa shape index (κ1) is 9.40. The molecule has 0 aliphatic carbocycles. The average molecular weight is 196 g/mol. The number of nitrogens with one attached hydrogen (secondary N) is 1. The number of halogens is 1. The van der Waals surface area contributed by atoms with Gasteiger partial charge in [-0.2, -0.15) is 0 Å². The Kier molecular flexibility index (Phi) is 2.37. The summed E-state index contributed by atoms with van der Waals surface area (Å²) in [4.78, 5) is 3.94. The Balaban J connectivity index is 2.39. The Morgan fingerprint density at radius 1 is 1.64 bits per heavy atom. The first-order valence-electron chi connectivity index (χ1n) is 4.64. The van der Waals surface area contributed by atoms with E-state index in [1.165, 1.54) is 0 Å². The summed E-state index contributed by atoms with van der Waals surface area (Å²) in [5.41, 5.74) is -0.771. The van der Waals surface area contributed by atoms with Crippen LogP contribution in [0.1, 0.15) is 12.0 Å². The van der Waals surface area contributed by atoms with E-state index in [0.717, 1.165) is 0 Å². The first-order chi connectivity index (χ1) is 6.76. The molecule has 1 atom stereocenters. The van der Waals surface area contributed by atoms with Gasteiger partial charge in [-0.05, 0) is 19.0 Å². The summed E-state index contributed by atoms with van der Waals surface area (Å²) in [7, 11) is 1.55. The number of aromatic nitrogens is 1. The van der Waals surface area contributed by atoms with E-state index in [1.54, 1.807) is 25.6 Å². The highest BCUT2D eigenvalue weighted by Gasteiger charge is 2.38. The second-order valence-electron chi connectivity index (χ2n) is 3.47. The summed E-state index contributed by atoms with van der Waals surface area (Å²) in [5, 5.41) is 3.00. The fourth-order valence-electron chi connectivity index (χ4n) is 1.79. The highest BCUT2D eigenvalue weighted by Crippen LogP contribution is 2.37. The van der Waals surface area contributed by atoms with Gasteiger partial charge in [0.05, 0.1) is 12.7 Å². The van der Waals surface area contributed by atoms with Gasteiger partial charge in [-0.25, -0.2) is 4.39 Å². The lowest BCUT2D eigenvalue weighted by molar-refractivity contribution is 0.186. The van der Waals surface area contributed by atoms with Gasteiger partial charge in [0.25, 0.3) is 0 Å². The number of nitrogens with zero attached hydrogens (tertiary/aromatic N) is 1. The Morgan fingerprint density at radius 2 is 2.50 bits per heavy atom. The molecule has 2 heterocycles. The molecule has 0 spiro atoms. The van der Waals surface area contributed by atoms with Crippen molar-refractivity contribution in [3.8, 4) is 5.75 Å². The van der Waals surface area contributed by atoms with Crippen LogP contribution in [0.5, 0.6) is 5.75 Å². The molecule has 1 fully saturated rings. The fraction of sp³-hybridized carbons (Fsp3) is 0.500. The molecule has 0 radical (unpaired) electrons. The predicted molar refractivity (Wildman–Crippen MR) is 51.1 cm³/mol. The van der Waals surface area contributed by atoms with Crippen LogP contribution in [-0.2, 0) is 5.67 Å². The third-order valence-electron chi connectivity index (χ3n) is 2.59. The van der Waals surface area contributed by atoms with Gasteiger partial charge in [0.15, 0.2) is 5.67 Å². The number of ether oxygens (including phenoxy) is 1. The highest BCUT2D eigenvalue weighted by molar-refractivity contribution is 5.36. The molecule has 1 saturated heterocycles. The number of methoxy groups -OCH3 is 1. The number of rotatable bonds is 2. The molecule has 3 nitrogen and oxygen atoms in total. The Bertz CT molecular complexity index is 324. The van der Waals surface area contributed by atoms with Crippen molar-refractivity contribution in [3.05, 3.63) is 24.0 Å². The molecule has 1 N–H and O–H groups in total. The van der Waals surface area contributed by atoms with Crippen molar-refractivity contribution in [1.29, 1.82) is 0 Å². The summed E-state index contributed by atoms with van der Waals surface area (Å²) >= 11 is 0. The maximum atomic E-state index is 14.3. The van der Waals surface area contributed by atoms with Crippen LogP contribution in [0.4, 0.5) is 4.39 Å². The van der Waals surface area contributed by atoms with Crippen molar-refractivity contribution in [3.63, 3.8) is 0 Å². The second kappa shape index (κ2) is 3.53. The molecule has 2 rings (SSSR count). The molecule has 0 bridgehead atoms. The van der Waals surface area contributed by atoms with E-state index in [9.17, 15) is 4.39 Å². The maximum Gasteiger partial charge on any atom is 0.154 e. The van der Waals surface area contributed by atoms with Gasteiger partial charge in [0.2, 0.25) is 0 Å². The summed E-state index contributed by atoms with van der Waals surface area (Å²) < 4.78 is 19.4. The zero-order chi connectivity index (χ0) is 10.0. The monoisotopic (exact) mass is 196 g/mol. The Labute approximate surface area is 82.3 Å². The van der Waals surface area contributed by atoms with Gasteiger partial charge >= 0.3 is 0 Å². The molecule has 1 aliphatic rings. The minimum atomic E-state index is -1.32. The van der Waals surface area contributed by atoms with E-state index < -0.39 is 5.67 Å². The van der Waals surface area contributed by atoms with Gasteiger partial charge in [-0.1, -0.05) is 0 Å². The normalized spacial score (nSPS) is 26.4. The zero-order valence-electron chi connectivity index (χ0n) is 8.09. The first-order valence-corrected chi connectivity index (χ1v) is 4.64. The van der Waals surface area contributed by atoms with Crippen LogP contribution in [0.25, 0.3) is 0 Å². The molecule has 0 aromatic carbocycles. The number of alkyl halides is 1. The third-order valence-corrected chi connectivity index (χ3v) is 2.59. The molecule has 76 valence electrons. The summed E-state index contributed by atoms with van der Waals surface area (Å²) in [6, 6.07) is 1.69. The highest BCUT2D eigenvalue weighted by atomic mass is 19.1. The molecule has 1 unspecified atom stereocenters. The largest absolute Gasteiger partial charge is 0.496 e. The maximum absolute atomic E-state index is 14.3. The van der Waals surface area contributed by atoms with Crippen LogP contribution in [-0.4, -0.2) is 25.2 Å². The fourth-order valence-corrected chi connectivity index (χ4v) is 1.79. The minimum Gasteiger partial charge on any atom is -0.496 e. The van der Waals surface area contributed by atoms with Crippen molar-refractivity contribution in [2.75, 3.05) is 20.2 Å². The zero-order valence-corrected chi connectivity index (χ0v) is 8.09. The van der Waals surface area contributed by atoms with E-state index >= 15 is 0 Å². The van der Waals surface area contributed by atoms with Gasteiger partial charge in [0, 0.05) is 18.9 Å². The van der Waals surface area contributed by atoms with Crippen LogP contribution in [0, 0.1) is 0 Å². The van der Waals surface area contributed by atoms with Crippen LogP contribution < -0.4 is 10.1 Å². The average Bonchev–Trinajstić information content (AvgIpc) is 2.66. The van der Waals surface area contributed by atoms with Crippen LogP contribution >= 0.6 is 0 Å². The molecular weight excluding hydrogens is 183 g/mol. The van der Waals surface area contributed by atoms with E-state index in [4.69, 9.17) is 4.74 Å². The lowest BCUT2D eigenvalue weighted by atomic mass is 9.96. The standard InChI is InChI=1S/C10H13FN2O/c1-14-9-2-4-12-6-8(9)10(11)3-5-13-7-10/h2,4,6,13H,3,5,7H2,1H3. The Hall–Kier alpha value is -1.16. The van der Waals surface area contributed by atoms with E-state index in [0.29, 0.717) is 30.8 Å². The topological polar surface area (TPSA) is 34.1 Å². The molecule has 0 saturated carbocycles. The van der Waals surface area contributed by atoms with Crippen molar-refractivity contribution in [2.24, 2.45) is 0 Å². The van der Waals surface area contributed by atoms with Crippen LogP contribution in [0.2, 0.25) is 0 Å².